The fourth-order valence-corrected chi connectivity index (χ4v) is 1.62. The number of rotatable bonds is 5. The van der Waals surface area contributed by atoms with Crippen molar-refractivity contribution in [2.75, 3.05) is 13.1 Å². The minimum Gasteiger partial charge on any atom is -0.444 e. The van der Waals surface area contributed by atoms with Gasteiger partial charge in [0.15, 0.2) is 0 Å². The number of alkyl carbamates (subject to hydrolysis) is 1. The van der Waals surface area contributed by atoms with E-state index in [0.29, 0.717) is 11.3 Å². The summed E-state index contributed by atoms with van der Waals surface area (Å²) in [5.74, 6) is -0.480. The van der Waals surface area contributed by atoms with Crippen molar-refractivity contribution >= 4 is 18.0 Å². The monoisotopic (exact) mass is 322 g/mol. The van der Waals surface area contributed by atoms with Crippen LogP contribution in [0.2, 0.25) is 0 Å². The first-order chi connectivity index (χ1) is 10.7. The summed E-state index contributed by atoms with van der Waals surface area (Å²) in [6.45, 7) is 7.08. The molecule has 7 nitrogen and oxygen atoms in total. The van der Waals surface area contributed by atoms with Crippen LogP contribution in [0.3, 0.4) is 0 Å². The number of hydrogen-bond donors (Lipinski definition) is 2. The van der Waals surface area contributed by atoms with E-state index in [4.69, 9.17) is 9.47 Å². The smallest absolute Gasteiger partial charge is 0.407 e. The Balaban J connectivity index is 2.40. The van der Waals surface area contributed by atoms with Crippen LogP contribution < -0.4 is 15.4 Å². The molecule has 1 aromatic rings. The first kappa shape index (κ1) is 18.5. The van der Waals surface area contributed by atoms with E-state index in [1.165, 1.54) is 13.0 Å². The molecular weight excluding hydrogens is 300 g/mol. The third kappa shape index (κ3) is 7.85. The van der Waals surface area contributed by atoms with Crippen molar-refractivity contribution < 1.29 is 23.9 Å². The molecule has 0 fully saturated rings. The van der Waals surface area contributed by atoms with E-state index in [-0.39, 0.29) is 19.0 Å². The van der Waals surface area contributed by atoms with Gasteiger partial charge in [-0.1, -0.05) is 6.07 Å². The van der Waals surface area contributed by atoms with E-state index in [1.54, 1.807) is 39.0 Å². The van der Waals surface area contributed by atoms with Gasteiger partial charge in [-0.3, -0.25) is 9.59 Å². The molecule has 0 heterocycles. The van der Waals surface area contributed by atoms with Gasteiger partial charge >= 0.3 is 12.1 Å². The number of carbonyl (C=O) groups excluding carboxylic acids is 3. The molecule has 0 aliphatic rings. The maximum absolute atomic E-state index is 12.0. The van der Waals surface area contributed by atoms with Crippen LogP contribution >= 0.6 is 0 Å². The first-order valence-electron chi connectivity index (χ1n) is 7.21. The second-order valence-corrected chi connectivity index (χ2v) is 5.81. The van der Waals surface area contributed by atoms with Crippen molar-refractivity contribution in [1.29, 1.82) is 0 Å². The molecule has 0 radical (unpaired) electrons. The van der Waals surface area contributed by atoms with Gasteiger partial charge in [-0.15, -0.1) is 0 Å². The van der Waals surface area contributed by atoms with Crippen LogP contribution in [-0.4, -0.2) is 36.7 Å². The van der Waals surface area contributed by atoms with Crippen molar-refractivity contribution in [1.82, 2.24) is 10.6 Å². The van der Waals surface area contributed by atoms with Crippen molar-refractivity contribution in [3.8, 4) is 5.75 Å². The lowest BCUT2D eigenvalue weighted by molar-refractivity contribution is -0.131. The normalized spacial score (nSPS) is 10.6. The largest absolute Gasteiger partial charge is 0.444 e. The Morgan fingerprint density at radius 1 is 1.09 bits per heavy atom. The first-order valence-corrected chi connectivity index (χ1v) is 7.21. The molecule has 7 heteroatoms. The van der Waals surface area contributed by atoms with Crippen molar-refractivity contribution in [3.63, 3.8) is 0 Å². The summed E-state index contributed by atoms with van der Waals surface area (Å²) in [6.07, 6.45) is -0.538. The van der Waals surface area contributed by atoms with Crippen LogP contribution in [-0.2, 0) is 9.53 Å². The van der Waals surface area contributed by atoms with E-state index >= 15 is 0 Å². The van der Waals surface area contributed by atoms with E-state index in [0.717, 1.165) is 0 Å². The Morgan fingerprint density at radius 2 is 1.74 bits per heavy atom. The molecule has 0 aliphatic heterocycles. The Morgan fingerprint density at radius 3 is 2.35 bits per heavy atom. The summed E-state index contributed by atoms with van der Waals surface area (Å²) in [6, 6.07) is 6.27. The zero-order chi connectivity index (χ0) is 17.5. The number of hydrogen-bond acceptors (Lipinski definition) is 5. The minimum atomic E-state index is -0.565. The van der Waals surface area contributed by atoms with E-state index < -0.39 is 17.7 Å². The molecule has 126 valence electrons. The lowest BCUT2D eigenvalue weighted by atomic mass is 10.2. The van der Waals surface area contributed by atoms with Crippen LogP contribution in [0, 0.1) is 0 Å². The van der Waals surface area contributed by atoms with Gasteiger partial charge in [-0.2, -0.15) is 0 Å². The summed E-state index contributed by atoms with van der Waals surface area (Å²) < 4.78 is 9.99. The zero-order valence-electron chi connectivity index (χ0n) is 13.8. The predicted octanol–water partition coefficient (Wildman–Crippen LogP) is 1.87. The molecule has 1 rings (SSSR count). The topological polar surface area (TPSA) is 93.7 Å². The quantitative estimate of drug-likeness (QED) is 0.490. The fraction of sp³-hybridized carbons (Fsp3) is 0.438. The molecule has 0 unspecified atom stereocenters. The molecule has 1 aromatic carbocycles. The maximum Gasteiger partial charge on any atom is 0.407 e. The lowest BCUT2D eigenvalue weighted by Crippen LogP contribution is -2.37. The third-order valence-corrected chi connectivity index (χ3v) is 2.44. The second kappa shape index (κ2) is 8.17. The summed E-state index contributed by atoms with van der Waals surface area (Å²) in [5.41, 5.74) is -0.203. The van der Waals surface area contributed by atoms with Crippen molar-refractivity contribution in [3.05, 3.63) is 29.8 Å². The highest BCUT2D eigenvalue weighted by molar-refractivity contribution is 5.94. The van der Waals surface area contributed by atoms with E-state index in [1.807, 2.05) is 0 Å². The lowest BCUT2D eigenvalue weighted by Gasteiger charge is -2.19. The molecule has 0 atom stereocenters. The summed E-state index contributed by atoms with van der Waals surface area (Å²) in [7, 11) is 0. The van der Waals surface area contributed by atoms with Gasteiger partial charge in [-0.05, 0) is 39.0 Å². The number of amides is 2. The third-order valence-electron chi connectivity index (χ3n) is 2.44. The predicted molar refractivity (Wildman–Crippen MR) is 84.3 cm³/mol. The van der Waals surface area contributed by atoms with Gasteiger partial charge in [0.1, 0.15) is 11.4 Å². The van der Waals surface area contributed by atoms with Crippen molar-refractivity contribution in [2.24, 2.45) is 0 Å². The SMILES string of the molecule is CC(=O)Oc1cccc(C(=O)NCCNC(=O)OC(C)(C)C)c1. The summed E-state index contributed by atoms with van der Waals surface area (Å²) >= 11 is 0. The van der Waals surface area contributed by atoms with Crippen LogP contribution in [0.15, 0.2) is 24.3 Å². The van der Waals surface area contributed by atoms with Gasteiger partial charge < -0.3 is 20.1 Å². The van der Waals surface area contributed by atoms with Gasteiger partial charge in [0, 0.05) is 25.6 Å². The van der Waals surface area contributed by atoms with Gasteiger partial charge in [0.25, 0.3) is 5.91 Å². The van der Waals surface area contributed by atoms with Crippen LogP contribution in [0.4, 0.5) is 4.79 Å². The Kier molecular flexibility index (Phi) is 6.56. The summed E-state index contributed by atoms with van der Waals surface area (Å²) in [4.78, 5) is 34.3. The molecule has 0 spiro atoms. The van der Waals surface area contributed by atoms with E-state index in [2.05, 4.69) is 10.6 Å². The number of benzene rings is 1. The second-order valence-electron chi connectivity index (χ2n) is 5.81. The average molecular weight is 322 g/mol. The molecule has 2 amide bonds. The van der Waals surface area contributed by atoms with Crippen LogP contribution in [0.1, 0.15) is 38.1 Å². The maximum atomic E-state index is 12.0. The number of ether oxygens (including phenoxy) is 2. The van der Waals surface area contributed by atoms with Crippen molar-refractivity contribution in [2.45, 2.75) is 33.3 Å². The molecule has 0 saturated heterocycles. The highest BCUT2D eigenvalue weighted by Gasteiger charge is 2.15. The molecule has 23 heavy (non-hydrogen) atoms. The Bertz CT molecular complexity index is 578. The molecular formula is C16H22N2O5. The van der Waals surface area contributed by atoms with Gasteiger partial charge in [0.05, 0.1) is 0 Å². The number of nitrogens with one attached hydrogen (secondary N) is 2. The van der Waals surface area contributed by atoms with Crippen LogP contribution in [0.25, 0.3) is 0 Å². The Hall–Kier alpha value is -2.57. The fourth-order valence-electron chi connectivity index (χ4n) is 1.62. The number of esters is 1. The average Bonchev–Trinajstić information content (AvgIpc) is 2.41. The number of carbonyl (C=O) groups is 3. The van der Waals surface area contributed by atoms with E-state index in [9.17, 15) is 14.4 Å². The van der Waals surface area contributed by atoms with Gasteiger partial charge in [0.2, 0.25) is 0 Å². The highest BCUT2D eigenvalue weighted by atomic mass is 16.6. The molecule has 0 aliphatic carbocycles. The zero-order valence-corrected chi connectivity index (χ0v) is 13.8. The Labute approximate surface area is 135 Å². The minimum absolute atomic E-state index is 0.240. The molecule has 0 saturated carbocycles. The molecule has 0 aromatic heterocycles. The summed E-state index contributed by atoms with van der Waals surface area (Å²) in [5, 5.41) is 5.19. The molecule has 0 bridgehead atoms. The standard InChI is InChI=1S/C16H22N2O5/c1-11(19)22-13-7-5-6-12(10-13)14(20)17-8-9-18-15(21)23-16(2,3)4/h5-7,10H,8-9H2,1-4H3,(H,17,20)(H,18,21). The molecule has 2 N–H and O–H groups in total. The highest BCUT2D eigenvalue weighted by Crippen LogP contribution is 2.13. The van der Waals surface area contributed by atoms with Gasteiger partial charge in [-0.25, -0.2) is 4.79 Å². The van der Waals surface area contributed by atoms with Crippen LogP contribution in [0.5, 0.6) is 5.75 Å².